The van der Waals surface area contributed by atoms with Gasteiger partial charge in [-0.15, -0.1) is 0 Å². The molecule has 0 radical (unpaired) electrons. The summed E-state index contributed by atoms with van der Waals surface area (Å²) in [5, 5.41) is 11.9. The average Bonchev–Trinajstić information content (AvgIpc) is 2.83. The number of hydrogen-bond acceptors (Lipinski definition) is 5. The zero-order valence-electron chi connectivity index (χ0n) is 19.2. The monoisotopic (exact) mass is 542 g/mol. The molecule has 0 aromatic heterocycles. The number of carbonyl (C=O) groups excluding carboxylic acids is 2. The molecule has 3 aromatic carbocycles. The van der Waals surface area contributed by atoms with Crippen molar-refractivity contribution in [2.24, 2.45) is 0 Å². The predicted molar refractivity (Wildman–Crippen MR) is 125 cm³/mol. The number of carboxylic acid groups (broad SMARTS) is 1. The van der Waals surface area contributed by atoms with Crippen LogP contribution in [-0.2, 0) is 10.7 Å². The minimum absolute atomic E-state index is 0. The van der Waals surface area contributed by atoms with Crippen molar-refractivity contribution in [1.82, 2.24) is 0 Å². The van der Waals surface area contributed by atoms with Crippen molar-refractivity contribution in [3.63, 3.8) is 0 Å². The third-order valence-corrected chi connectivity index (χ3v) is 6.27. The third kappa shape index (κ3) is 6.58. The van der Waals surface area contributed by atoms with E-state index in [1.165, 1.54) is 60.7 Å². The van der Waals surface area contributed by atoms with Crippen molar-refractivity contribution < 1.29 is 62.5 Å². The summed E-state index contributed by atoms with van der Waals surface area (Å²) in [5.74, 6) is -4.68. The molecule has 4 rings (SSSR count). The number of fused-ring (bicyclic) bond motifs is 1. The molecule has 1 atom stereocenters. The molecule has 0 saturated heterocycles. The van der Waals surface area contributed by atoms with Crippen LogP contribution in [0.5, 0.6) is 17.2 Å². The molecule has 1 heterocycles. The Balaban J connectivity index is 0.00000361. The fraction of sp³-hybridized carbons (Fsp3) is 0.231. The summed E-state index contributed by atoms with van der Waals surface area (Å²) in [6, 6.07) is 14.2. The number of ketones is 1. The van der Waals surface area contributed by atoms with Crippen molar-refractivity contribution in [2.45, 2.75) is 31.1 Å². The normalized spacial score (nSPS) is 14.7. The maximum atomic E-state index is 14.4. The van der Waals surface area contributed by atoms with E-state index in [1.807, 2.05) is 0 Å². The SMILES string of the molecule is O=C(CCC(F)(F)c1ccc(Cl)cc1)c1ccc(Oc2cc3c(cc2Cl)C(C(=O)[O-])CCO3)cc1.[Na+]. The average molecular weight is 543 g/mol. The first kappa shape index (κ1) is 28.4. The van der Waals surface area contributed by atoms with Gasteiger partial charge in [0.1, 0.15) is 17.2 Å². The van der Waals surface area contributed by atoms with Crippen LogP contribution in [0.4, 0.5) is 8.78 Å². The first-order valence-corrected chi connectivity index (χ1v) is 11.5. The fourth-order valence-electron chi connectivity index (χ4n) is 3.80. The molecule has 0 bridgehead atoms. The summed E-state index contributed by atoms with van der Waals surface area (Å²) in [5.41, 5.74) is 0.487. The van der Waals surface area contributed by atoms with Crippen LogP contribution in [0.2, 0.25) is 10.0 Å². The number of alkyl halides is 2. The summed E-state index contributed by atoms with van der Waals surface area (Å²) in [6.45, 7) is 0.223. The minimum atomic E-state index is -3.16. The number of aliphatic carboxylic acids is 1. The Labute approximate surface area is 238 Å². The molecule has 0 N–H and O–H groups in total. The van der Waals surface area contributed by atoms with Crippen LogP contribution in [0.25, 0.3) is 0 Å². The minimum Gasteiger partial charge on any atom is -0.549 e. The predicted octanol–water partition coefficient (Wildman–Crippen LogP) is 3.16. The first-order valence-electron chi connectivity index (χ1n) is 10.8. The van der Waals surface area contributed by atoms with Crippen LogP contribution >= 0.6 is 23.2 Å². The standard InChI is InChI=1S/C26H20Cl2F2O5.Na/c27-17-5-3-16(4-6-17)26(29,30)11-9-22(31)15-1-7-18(8-2-15)35-24-14-23-20(13-21(24)28)19(25(32)33)10-12-34-23;/h1-8,13-14,19H,9-12H2,(H,32,33);/q;+1/p-1. The van der Waals surface area contributed by atoms with Gasteiger partial charge in [0.25, 0.3) is 5.92 Å². The number of ether oxygens (including phenoxy) is 2. The number of halogens is 4. The molecule has 0 saturated carbocycles. The fourth-order valence-corrected chi connectivity index (χ4v) is 4.14. The van der Waals surface area contributed by atoms with E-state index < -0.39 is 30.0 Å². The molecule has 0 fully saturated rings. The number of hydrogen-bond donors (Lipinski definition) is 0. The molecule has 1 unspecified atom stereocenters. The molecule has 5 nitrogen and oxygen atoms in total. The zero-order valence-corrected chi connectivity index (χ0v) is 22.7. The Hall–Kier alpha value is -2.16. The van der Waals surface area contributed by atoms with Crippen molar-refractivity contribution >= 4 is 35.0 Å². The van der Waals surface area contributed by atoms with E-state index in [9.17, 15) is 23.5 Å². The van der Waals surface area contributed by atoms with Gasteiger partial charge in [-0.1, -0.05) is 35.3 Å². The maximum Gasteiger partial charge on any atom is 1.00 e. The largest absolute Gasteiger partial charge is 1.00 e. The van der Waals surface area contributed by atoms with E-state index in [1.54, 1.807) is 0 Å². The Bertz CT molecular complexity index is 1250. The van der Waals surface area contributed by atoms with Gasteiger partial charge in [-0.3, -0.25) is 4.79 Å². The molecular weight excluding hydrogens is 524 g/mol. The second kappa shape index (κ2) is 11.9. The second-order valence-corrected chi connectivity index (χ2v) is 8.93. The van der Waals surface area contributed by atoms with Crippen LogP contribution in [0.15, 0.2) is 60.7 Å². The number of carboxylic acids is 1. The number of rotatable bonds is 8. The van der Waals surface area contributed by atoms with E-state index in [2.05, 4.69) is 0 Å². The topological polar surface area (TPSA) is 75.7 Å². The molecule has 182 valence electrons. The Kier molecular flexibility index (Phi) is 9.41. The summed E-state index contributed by atoms with van der Waals surface area (Å²) in [4.78, 5) is 23.8. The smallest absolute Gasteiger partial charge is 0.549 e. The molecule has 0 aliphatic carbocycles. The zero-order chi connectivity index (χ0) is 25.2. The van der Waals surface area contributed by atoms with Gasteiger partial charge in [-0.05, 0) is 48.9 Å². The van der Waals surface area contributed by atoms with E-state index in [0.29, 0.717) is 22.1 Å². The maximum absolute atomic E-state index is 14.4. The van der Waals surface area contributed by atoms with Gasteiger partial charge >= 0.3 is 29.6 Å². The van der Waals surface area contributed by atoms with Gasteiger partial charge in [0.05, 0.1) is 11.6 Å². The van der Waals surface area contributed by atoms with Crippen molar-refractivity contribution in [1.29, 1.82) is 0 Å². The Morgan fingerprint density at radius 2 is 1.72 bits per heavy atom. The molecule has 36 heavy (non-hydrogen) atoms. The van der Waals surface area contributed by atoms with Gasteiger partial charge in [0, 0.05) is 52.5 Å². The summed E-state index contributed by atoms with van der Waals surface area (Å²) >= 11 is 12.0. The molecular formula is C26H19Cl2F2NaO5. The second-order valence-electron chi connectivity index (χ2n) is 8.09. The third-order valence-electron chi connectivity index (χ3n) is 5.73. The Morgan fingerprint density at radius 3 is 2.36 bits per heavy atom. The van der Waals surface area contributed by atoms with E-state index >= 15 is 0 Å². The quantitative estimate of drug-likeness (QED) is 0.323. The van der Waals surface area contributed by atoms with Crippen LogP contribution in [0, 0.1) is 0 Å². The number of benzene rings is 3. The van der Waals surface area contributed by atoms with Gasteiger partial charge in [0.15, 0.2) is 5.78 Å². The summed E-state index contributed by atoms with van der Waals surface area (Å²) < 4.78 is 40.2. The van der Waals surface area contributed by atoms with E-state index in [-0.39, 0.29) is 70.9 Å². The Morgan fingerprint density at radius 1 is 1.06 bits per heavy atom. The van der Waals surface area contributed by atoms with Crippen molar-refractivity contribution in [2.75, 3.05) is 6.61 Å². The van der Waals surface area contributed by atoms with Crippen LogP contribution < -0.4 is 44.1 Å². The molecule has 3 aromatic rings. The first-order chi connectivity index (χ1) is 16.6. The van der Waals surface area contributed by atoms with Gasteiger partial charge < -0.3 is 19.4 Å². The van der Waals surface area contributed by atoms with E-state index in [4.69, 9.17) is 32.7 Å². The van der Waals surface area contributed by atoms with Crippen LogP contribution in [-0.4, -0.2) is 18.4 Å². The molecule has 0 amide bonds. The van der Waals surface area contributed by atoms with Crippen LogP contribution in [0.1, 0.15) is 46.7 Å². The molecule has 10 heteroatoms. The molecule has 0 spiro atoms. The van der Waals surface area contributed by atoms with Crippen molar-refractivity contribution in [3.05, 3.63) is 87.4 Å². The number of Topliss-reactive ketones (excluding diaryl/α,β-unsaturated/α-hetero) is 1. The summed E-state index contributed by atoms with van der Waals surface area (Å²) in [6.07, 6.45) is -0.695. The summed E-state index contributed by atoms with van der Waals surface area (Å²) in [7, 11) is 0. The van der Waals surface area contributed by atoms with Gasteiger partial charge in [0.2, 0.25) is 0 Å². The van der Waals surface area contributed by atoms with Gasteiger partial charge in [-0.2, -0.15) is 0 Å². The van der Waals surface area contributed by atoms with E-state index in [0.717, 1.165) is 0 Å². The molecule has 1 aliphatic rings. The molecule has 1 aliphatic heterocycles. The van der Waals surface area contributed by atoms with Gasteiger partial charge in [-0.25, -0.2) is 8.78 Å². The van der Waals surface area contributed by atoms with Crippen LogP contribution in [0.3, 0.4) is 0 Å². The number of carbonyl (C=O) groups is 2. The van der Waals surface area contributed by atoms with Crippen molar-refractivity contribution in [3.8, 4) is 17.2 Å².